The molecule has 13 nitrogen and oxygen atoms in total. The molecule has 0 aromatic heterocycles. The third kappa shape index (κ3) is 12.2. The lowest BCUT2D eigenvalue weighted by Gasteiger charge is -2.28. The quantitative estimate of drug-likeness (QED) is 0.0942. The number of hydrogen-bond donors (Lipinski definition) is 7. The summed E-state index contributed by atoms with van der Waals surface area (Å²) in [7, 11) is 1.23. The Morgan fingerprint density at radius 3 is 1.90 bits per heavy atom. The van der Waals surface area contributed by atoms with Gasteiger partial charge in [0.2, 0.25) is 23.6 Å². The fourth-order valence-electron chi connectivity index (χ4n) is 3.79. The molecule has 1 aromatic carbocycles. The highest BCUT2D eigenvalue weighted by Gasteiger charge is 2.31. The molecule has 1 aromatic rings. The number of benzene rings is 1. The number of ether oxygens (including phenoxy) is 1. The maximum atomic E-state index is 12.9. The van der Waals surface area contributed by atoms with Gasteiger partial charge in [-0.25, -0.2) is 4.79 Å². The fraction of sp³-hybridized carbons (Fsp3) is 0.607. The normalized spacial score (nSPS) is 15.6. The number of amides is 4. The standard InChI is InChI=1S/C28H46N6O7/c1-15(2)22(27(39)34-23(16(3)4)28(40)41-7)33-21(35)14-30-26(38)20(13-19-11-9-8-10-12-19)32-25(37)18(6)31-24(36)17(5)29/h8-12,15-18,20,22-23,26,30,38H,13-14,29H2,1-7H3,(H,31,36)(H,32,37)(H,33,35)(H,34,39)/t17-,18-,20-,22-,23-,26-/m0/s1. The van der Waals surface area contributed by atoms with Gasteiger partial charge < -0.3 is 36.8 Å². The first-order chi connectivity index (χ1) is 19.2. The Bertz CT molecular complexity index is 1020. The number of carbonyl (C=O) groups is 5. The van der Waals surface area contributed by atoms with Crippen LogP contribution in [-0.2, 0) is 35.1 Å². The maximum absolute atomic E-state index is 12.9. The van der Waals surface area contributed by atoms with Crippen molar-refractivity contribution in [3.05, 3.63) is 35.9 Å². The van der Waals surface area contributed by atoms with Gasteiger partial charge in [-0.2, -0.15) is 0 Å². The number of aliphatic hydroxyl groups excluding tert-OH is 1. The molecular weight excluding hydrogens is 532 g/mol. The summed E-state index contributed by atoms with van der Waals surface area (Å²) in [5.74, 6) is -3.32. The number of esters is 1. The van der Waals surface area contributed by atoms with Crippen LogP contribution < -0.4 is 32.3 Å². The molecule has 6 atom stereocenters. The Labute approximate surface area is 241 Å². The molecule has 8 N–H and O–H groups in total. The molecule has 0 radical (unpaired) electrons. The van der Waals surface area contributed by atoms with Crippen molar-refractivity contribution in [2.75, 3.05) is 13.7 Å². The van der Waals surface area contributed by atoms with E-state index in [0.717, 1.165) is 5.56 Å². The van der Waals surface area contributed by atoms with Crippen molar-refractivity contribution in [2.24, 2.45) is 17.6 Å². The number of nitrogens with two attached hydrogens (primary N) is 1. The van der Waals surface area contributed by atoms with Crippen LogP contribution in [0.15, 0.2) is 30.3 Å². The zero-order chi connectivity index (χ0) is 31.3. The van der Waals surface area contributed by atoms with Crippen molar-refractivity contribution in [2.45, 2.75) is 84.4 Å². The van der Waals surface area contributed by atoms with Crippen LogP contribution in [0.25, 0.3) is 0 Å². The number of rotatable bonds is 16. The molecule has 0 aliphatic heterocycles. The smallest absolute Gasteiger partial charge is 0.328 e. The molecule has 0 bridgehead atoms. The van der Waals surface area contributed by atoms with Crippen LogP contribution in [0.3, 0.4) is 0 Å². The van der Waals surface area contributed by atoms with Crippen LogP contribution in [0, 0.1) is 11.8 Å². The van der Waals surface area contributed by atoms with Crippen molar-refractivity contribution in [3.8, 4) is 0 Å². The first-order valence-corrected chi connectivity index (χ1v) is 13.7. The molecule has 41 heavy (non-hydrogen) atoms. The monoisotopic (exact) mass is 578 g/mol. The predicted molar refractivity (Wildman–Crippen MR) is 153 cm³/mol. The Balaban J connectivity index is 2.90. The van der Waals surface area contributed by atoms with Gasteiger partial charge in [0, 0.05) is 0 Å². The van der Waals surface area contributed by atoms with Gasteiger partial charge in [0.1, 0.15) is 24.4 Å². The van der Waals surface area contributed by atoms with Crippen LogP contribution >= 0.6 is 0 Å². The first-order valence-electron chi connectivity index (χ1n) is 13.7. The van der Waals surface area contributed by atoms with Crippen molar-refractivity contribution in [3.63, 3.8) is 0 Å². The highest BCUT2D eigenvalue weighted by Crippen LogP contribution is 2.09. The first kappa shape index (κ1) is 35.5. The minimum Gasteiger partial charge on any atom is -0.467 e. The van der Waals surface area contributed by atoms with E-state index in [0.29, 0.717) is 0 Å². The van der Waals surface area contributed by atoms with Crippen molar-refractivity contribution >= 4 is 29.6 Å². The molecular formula is C28H46N6O7. The van der Waals surface area contributed by atoms with Gasteiger partial charge >= 0.3 is 5.97 Å². The van der Waals surface area contributed by atoms with E-state index in [-0.39, 0.29) is 24.8 Å². The highest BCUT2D eigenvalue weighted by atomic mass is 16.5. The SMILES string of the molecule is COC(=O)[C@@H](NC(=O)[C@@H](NC(=O)CN[C@@H](O)[C@H](Cc1ccccc1)NC(=O)[C@H](C)NC(=O)[C@H](C)N)C(C)C)C(C)C. The van der Waals surface area contributed by atoms with Crippen molar-refractivity contribution < 1.29 is 33.8 Å². The molecule has 0 heterocycles. The van der Waals surface area contributed by atoms with Crippen LogP contribution in [0.1, 0.15) is 47.1 Å². The van der Waals surface area contributed by atoms with E-state index >= 15 is 0 Å². The lowest BCUT2D eigenvalue weighted by Crippen LogP contribution is -2.58. The van der Waals surface area contributed by atoms with E-state index in [2.05, 4.69) is 26.6 Å². The summed E-state index contributed by atoms with van der Waals surface area (Å²) >= 11 is 0. The van der Waals surface area contributed by atoms with Crippen molar-refractivity contribution in [1.29, 1.82) is 0 Å². The largest absolute Gasteiger partial charge is 0.467 e. The van der Waals surface area contributed by atoms with Gasteiger partial charge in [0.25, 0.3) is 0 Å². The van der Waals surface area contributed by atoms with Crippen LogP contribution in [-0.4, -0.2) is 84.8 Å². The highest BCUT2D eigenvalue weighted by molar-refractivity contribution is 5.91. The second kappa shape index (κ2) is 17.3. The Morgan fingerprint density at radius 2 is 1.39 bits per heavy atom. The number of hydrogen-bond acceptors (Lipinski definition) is 9. The molecule has 1 rings (SSSR count). The third-order valence-corrected chi connectivity index (χ3v) is 6.33. The lowest BCUT2D eigenvalue weighted by atomic mass is 10.00. The zero-order valence-electron chi connectivity index (χ0n) is 24.9. The molecule has 0 saturated carbocycles. The predicted octanol–water partition coefficient (Wildman–Crippen LogP) is -1.07. The molecule has 0 aliphatic rings. The topological polar surface area (TPSA) is 201 Å². The van der Waals surface area contributed by atoms with E-state index in [1.54, 1.807) is 27.7 Å². The lowest BCUT2D eigenvalue weighted by molar-refractivity contribution is -0.146. The summed E-state index contributed by atoms with van der Waals surface area (Å²) in [6, 6.07) is 4.67. The average Bonchev–Trinajstić information content (AvgIpc) is 2.92. The van der Waals surface area contributed by atoms with Gasteiger partial charge in [-0.15, -0.1) is 0 Å². The van der Waals surface area contributed by atoms with Gasteiger partial charge in [-0.3, -0.25) is 24.5 Å². The van der Waals surface area contributed by atoms with Crippen LogP contribution in [0.2, 0.25) is 0 Å². The molecule has 0 fully saturated rings. The summed E-state index contributed by atoms with van der Waals surface area (Å²) in [6.45, 7) is 9.61. The summed E-state index contributed by atoms with van der Waals surface area (Å²) in [4.78, 5) is 62.4. The van der Waals surface area contributed by atoms with Gasteiger partial charge in [0.15, 0.2) is 0 Å². The van der Waals surface area contributed by atoms with E-state index in [1.165, 1.54) is 21.0 Å². The number of carbonyl (C=O) groups excluding carboxylic acids is 5. The minimum absolute atomic E-state index is 0.220. The second-order valence-corrected chi connectivity index (χ2v) is 10.7. The summed E-state index contributed by atoms with van der Waals surface area (Å²) in [5.41, 5.74) is 6.37. The van der Waals surface area contributed by atoms with Crippen molar-refractivity contribution in [1.82, 2.24) is 26.6 Å². The summed E-state index contributed by atoms with van der Waals surface area (Å²) in [5, 5.41) is 24.1. The molecule has 13 heteroatoms. The van der Waals surface area contributed by atoms with E-state index in [1.807, 2.05) is 30.3 Å². The second-order valence-electron chi connectivity index (χ2n) is 10.7. The van der Waals surface area contributed by atoms with E-state index in [4.69, 9.17) is 10.5 Å². The number of nitrogens with one attached hydrogen (secondary N) is 5. The van der Waals surface area contributed by atoms with Crippen LogP contribution in [0.4, 0.5) is 0 Å². The molecule has 0 saturated heterocycles. The number of methoxy groups -OCH3 is 1. The molecule has 4 amide bonds. The van der Waals surface area contributed by atoms with Gasteiger partial charge in [-0.05, 0) is 37.7 Å². The summed E-state index contributed by atoms with van der Waals surface area (Å²) < 4.78 is 4.76. The zero-order valence-corrected chi connectivity index (χ0v) is 24.9. The van der Waals surface area contributed by atoms with E-state index in [9.17, 15) is 29.1 Å². The fourth-order valence-corrected chi connectivity index (χ4v) is 3.79. The van der Waals surface area contributed by atoms with Gasteiger partial charge in [0.05, 0.1) is 25.7 Å². The molecule has 230 valence electrons. The summed E-state index contributed by atoms with van der Waals surface area (Å²) in [6.07, 6.45) is -1.14. The van der Waals surface area contributed by atoms with Crippen LogP contribution in [0.5, 0.6) is 0 Å². The third-order valence-electron chi connectivity index (χ3n) is 6.33. The molecule has 0 spiro atoms. The Hall–Kier alpha value is -3.55. The van der Waals surface area contributed by atoms with Gasteiger partial charge in [-0.1, -0.05) is 58.0 Å². The Kier molecular flexibility index (Phi) is 15.0. The maximum Gasteiger partial charge on any atom is 0.328 e. The average molecular weight is 579 g/mol. The van der Waals surface area contributed by atoms with E-state index < -0.39 is 66.0 Å². The Morgan fingerprint density at radius 1 is 0.805 bits per heavy atom. The molecule has 0 unspecified atom stereocenters. The minimum atomic E-state index is -1.36. The molecule has 0 aliphatic carbocycles. The number of aliphatic hydroxyl groups is 1.